The predicted molar refractivity (Wildman–Crippen MR) is 91.9 cm³/mol. The molecule has 3 rings (SSSR count). The number of amides is 1. The summed E-state index contributed by atoms with van der Waals surface area (Å²) in [6.45, 7) is 1.49. The summed E-state index contributed by atoms with van der Waals surface area (Å²) in [5.74, 6) is -0.380. The Morgan fingerprint density at radius 1 is 1.00 bits per heavy atom. The summed E-state index contributed by atoms with van der Waals surface area (Å²) in [6, 6.07) is 16.3. The Hall–Kier alpha value is -3.34. The van der Waals surface area contributed by atoms with Gasteiger partial charge in [-0.1, -0.05) is 42.5 Å². The minimum absolute atomic E-state index is 0.0564. The van der Waals surface area contributed by atoms with E-state index in [1.54, 1.807) is 24.3 Å². The van der Waals surface area contributed by atoms with Crippen LogP contribution in [0.2, 0.25) is 0 Å². The maximum absolute atomic E-state index is 12.6. The highest BCUT2D eigenvalue weighted by Crippen LogP contribution is 2.21. The molecular weight excluding hydrogens is 302 g/mol. The van der Waals surface area contributed by atoms with Crippen LogP contribution in [0.25, 0.3) is 11.3 Å². The molecule has 24 heavy (non-hydrogen) atoms. The summed E-state index contributed by atoms with van der Waals surface area (Å²) in [6.07, 6.45) is 2.90. The van der Waals surface area contributed by atoms with E-state index in [4.69, 9.17) is 0 Å². The van der Waals surface area contributed by atoms with Gasteiger partial charge in [-0.15, -0.1) is 0 Å². The van der Waals surface area contributed by atoms with Gasteiger partial charge >= 0.3 is 0 Å². The van der Waals surface area contributed by atoms with Crippen molar-refractivity contribution in [2.24, 2.45) is 0 Å². The van der Waals surface area contributed by atoms with Crippen molar-refractivity contribution in [2.75, 3.05) is 5.32 Å². The maximum atomic E-state index is 12.6. The van der Waals surface area contributed by atoms with Gasteiger partial charge in [-0.2, -0.15) is 0 Å². The lowest BCUT2D eigenvalue weighted by Gasteiger charge is -2.09. The van der Waals surface area contributed by atoms with Crippen LogP contribution in [0.4, 0.5) is 5.69 Å². The number of anilines is 1. The van der Waals surface area contributed by atoms with Crippen molar-refractivity contribution in [3.8, 4) is 11.3 Å². The molecule has 0 fully saturated rings. The van der Waals surface area contributed by atoms with E-state index in [1.165, 1.54) is 19.4 Å². The molecule has 1 N–H and O–H groups in total. The van der Waals surface area contributed by atoms with Crippen molar-refractivity contribution in [3.05, 3.63) is 78.2 Å². The van der Waals surface area contributed by atoms with Crippen LogP contribution in [-0.2, 0) is 0 Å². The van der Waals surface area contributed by atoms with Gasteiger partial charge in [-0.05, 0) is 19.1 Å². The molecule has 0 bridgehead atoms. The smallest absolute Gasteiger partial charge is 0.259 e. The van der Waals surface area contributed by atoms with E-state index < -0.39 is 0 Å². The van der Waals surface area contributed by atoms with Crippen LogP contribution in [0, 0.1) is 0 Å². The predicted octanol–water partition coefficient (Wildman–Crippen LogP) is 3.60. The van der Waals surface area contributed by atoms with E-state index in [0.717, 1.165) is 5.56 Å². The van der Waals surface area contributed by atoms with Crippen LogP contribution in [-0.4, -0.2) is 21.7 Å². The Bertz CT molecular complexity index is 892. The lowest BCUT2D eigenvalue weighted by molar-refractivity contribution is 0.101. The lowest BCUT2D eigenvalue weighted by Crippen LogP contribution is -2.14. The van der Waals surface area contributed by atoms with Crippen LogP contribution < -0.4 is 5.32 Å². The number of benzene rings is 2. The van der Waals surface area contributed by atoms with Crippen LogP contribution in [0.3, 0.4) is 0 Å². The molecule has 1 heterocycles. The van der Waals surface area contributed by atoms with Crippen LogP contribution in [0.5, 0.6) is 0 Å². The average Bonchev–Trinajstić information content (AvgIpc) is 2.62. The highest BCUT2D eigenvalue weighted by Gasteiger charge is 2.15. The van der Waals surface area contributed by atoms with Gasteiger partial charge in [0.15, 0.2) is 5.78 Å². The van der Waals surface area contributed by atoms with Gasteiger partial charge < -0.3 is 5.32 Å². The standard InChI is InChI=1S/C19H15N3O2/c1-13(23)15-8-5-9-16(10-15)22-19(24)17-11-20-12-21-18(17)14-6-3-2-4-7-14/h2-12H,1H3,(H,22,24). The minimum Gasteiger partial charge on any atom is -0.322 e. The third-order valence-electron chi connectivity index (χ3n) is 3.53. The van der Waals surface area contributed by atoms with Crippen LogP contribution in [0.15, 0.2) is 67.1 Å². The zero-order chi connectivity index (χ0) is 16.9. The van der Waals surface area contributed by atoms with Crippen molar-refractivity contribution in [2.45, 2.75) is 6.92 Å². The van der Waals surface area contributed by atoms with Gasteiger partial charge in [0.1, 0.15) is 6.33 Å². The molecule has 0 saturated heterocycles. The van der Waals surface area contributed by atoms with Gasteiger partial charge in [0, 0.05) is 23.0 Å². The molecule has 2 aromatic carbocycles. The van der Waals surface area contributed by atoms with Gasteiger partial charge in [-0.3, -0.25) is 9.59 Å². The first kappa shape index (κ1) is 15.6. The monoisotopic (exact) mass is 317 g/mol. The Morgan fingerprint density at radius 2 is 1.79 bits per heavy atom. The molecule has 0 atom stereocenters. The summed E-state index contributed by atoms with van der Waals surface area (Å²) >= 11 is 0. The number of hydrogen-bond acceptors (Lipinski definition) is 4. The summed E-state index contributed by atoms with van der Waals surface area (Å²) < 4.78 is 0. The van der Waals surface area contributed by atoms with Crippen molar-refractivity contribution >= 4 is 17.4 Å². The molecule has 0 unspecified atom stereocenters. The van der Waals surface area contributed by atoms with Crippen molar-refractivity contribution in [1.29, 1.82) is 0 Å². The zero-order valence-corrected chi connectivity index (χ0v) is 13.1. The van der Waals surface area contributed by atoms with E-state index in [0.29, 0.717) is 22.5 Å². The number of hydrogen-bond donors (Lipinski definition) is 1. The first-order chi connectivity index (χ1) is 11.6. The molecule has 0 aliphatic carbocycles. The molecule has 0 aliphatic heterocycles. The van der Waals surface area contributed by atoms with Crippen molar-refractivity contribution < 1.29 is 9.59 Å². The molecule has 1 aromatic heterocycles. The second kappa shape index (κ2) is 6.83. The normalized spacial score (nSPS) is 10.2. The second-order valence-electron chi connectivity index (χ2n) is 5.24. The first-order valence-electron chi connectivity index (χ1n) is 7.43. The molecule has 1 amide bonds. The fourth-order valence-corrected chi connectivity index (χ4v) is 2.34. The highest BCUT2D eigenvalue weighted by atomic mass is 16.1. The molecule has 0 saturated carbocycles. The maximum Gasteiger partial charge on any atom is 0.259 e. The van der Waals surface area contributed by atoms with E-state index in [9.17, 15) is 9.59 Å². The fraction of sp³-hybridized carbons (Fsp3) is 0.0526. The second-order valence-corrected chi connectivity index (χ2v) is 5.24. The Morgan fingerprint density at radius 3 is 2.54 bits per heavy atom. The number of carbonyl (C=O) groups is 2. The minimum atomic E-state index is -0.324. The van der Waals surface area contributed by atoms with E-state index in [1.807, 2.05) is 30.3 Å². The zero-order valence-electron chi connectivity index (χ0n) is 13.1. The van der Waals surface area contributed by atoms with Crippen molar-refractivity contribution in [3.63, 3.8) is 0 Å². The highest BCUT2D eigenvalue weighted by molar-refractivity contribution is 6.08. The SMILES string of the molecule is CC(=O)c1cccc(NC(=O)c2cncnc2-c2ccccc2)c1. The number of aromatic nitrogens is 2. The topological polar surface area (TPSA) is 72.0 Å². The van der Waals surface area contributed by atoms with Gasteiger partial charge in [0.25, 0.3) is 5.91 Å². The number of rotatable bonds is 4. The van der Waals surface area contributed by atoms with Gasteiger partial charge in [-0.25, -0.2) is 9.97 Å². The molecule has 0 spiro atoms. The molecule has 5 heteroatoms. The third-order valence-corrected chi connectivity index (χ3v) is 3.53. The summed E-state index contributed by atoms with van der Waals surface area (Å²) in [4.78, 5) is 32.3. The number of Topliss-reactive ketones (excluding diaryl/α,β-unsaturated/α-hetero) is 1. The summed E-state index contributed by atoms with van der Waals surface area (Å²) in [5, 5.41) is 2.79. The van der Waals surface area contributed by atoms with E-state index in [2.05, 4.69) is 15.3 Å². The summed E-state index contributed by atoms with van der Waals surface area (Å²) in [5.41, 5.74) is 2.86. The molecule has 118 valence electrons. The van der Waals surface area contributed by atoms with Gasteiger partial charge in [0.2, 0.25) is 0 Å². The average molecular weight is 317 g/mol. The van der Waals surface area contributed by atoms with Crippen LogP contribution >= 0.6 is 0 Å². The fourth-order valence-electron chi connectivity index (χ4n) is 2.34. The van der Waals surface area contributed by atoms with Crippen LogP contribution in [0.1, 0.15) is 27.6 Å². The first-order valence-corrected chi connectivity index (χ1v) is 7.43. The Kier molecular flexibility index (Phi) is 4.43. The molecule has 0 radical (unpaired) electrons. The largest absolute Gasteiger partial charge is 0.322 e. The summed E-state index contributed by atoms with van der Waals surface area (Å²) in [7, 11) is 0. The number of nitrogens with one attached hydrogen (secondary N) is 1. The number of ketones is 1. The van der Waals surface area contributed by atoms with E-state index >= 15 is 0 Å². The molecule has 3 aromatic rings. The third kappa shape index (κ3) is 3.35. The number of nitrogens with zero attached hydrogens (tertiary/aromatic N) is 2. The quantitative estimate of drug-likeness (QED) is 0.746. The molecule has 0 aliphatic rings. The van der Waals surface area contributed by atoms with Gasteiger partial charge in [0.05, 0.1) is 11.3 Å². The lowest BCUT2D eigenvalue weighted by atomic mass is 10.1. The molecule has 5 nitrogen and oxygen atoms in total. The molecular formula is C19H15N3O2. The van der Waals surface area contributed by atoms with Crippen molar-refractivity contribution in [1.82, 2.24) is 9.97 Å². The Labute approximate surface area is 139 Å². The Balaban J connectivity index is 1.92. The number of carbonyl (C=O) groups excluding carboxylic acids is 2. The van der Waals surface area contributed by atoms with E-state index in [-0.39, 0.29) is 11.7 Å².